The number of aryl methyl sites for hydroxylation is 1. The molecule has 1 amide bonds. The van der Waals surface area contributed by atoms with Gasteiger partial charge >= 0.3 is 0 Å². The van der Waals surface area contributed by atoms with Crippen LogP contribution in [0.25, 0.3) is 0 Å². The summed E-state index contributed by atoms with van der Waals surface area (Å²) in [6.45, 7) is 1.70. The predicted octanol–water partition coefficient (Wildman–Crippen LogP) is 2.47. The van der Waals surface area contributed by atoms with E-state index in [1.165, 1.54) is 24.3 Å². The Kier molecular flexibility index (Phi) is 5.28. The molecule has 0 saturated carbocycles. The lowest BCUT2D eigenvalue weighted by Gasteiger charge is -2.13. The van der Waals surface area contributed by atoms with Crippen LogP contribution in [0.1, 0.15) is 21.5 Å². The first-order chi connectivity index (χ1) is 11.0. The van der Waals surface area contributed by atoms with Crippen LogP contribution in [-0.4, -0.2) is 24.2 Å². The van der Waals surface area contributed by atoms with Crippen LogP contribution in [0, 0.1) is 24.1 Å². The zero-order valence-corrected chi connectivity index (χ0v) is 12.6. The van der Waals surface area contributed by atoms with E-state index < -0.39 is 11.7 Å². The molecule has 0 heterocycles. The average molecular weight is 313 g/mol. The number of benzene rings is 2. The van der Waals surface area contributed by atoms with Gasteiger partial charge in [0.25, 0.3) is 5.91 Å². The molecule has 0 aliphatic carbocycles. The van der Waals surface area contributed by atoms with Gasteiger partial charge in [-0.25, -0.2) is 4.39 Å². The van der Waals surface area contributed by atoms with Gasteiger partial charge in [0.15, 0.2) is 0 Å². The van der Waals surface area contributed by atoms with Crippen molar-refractivity contribution in [3.8, 4) is 6.07 Å². The highest BCUT2D eigenvalue weighted by molar-refractivity contribution is 6.00. The van der Waals surface area contributed by atoms with Crippen molar-refractivity contribution in [2.24, 2.45) is 0 Å². The Bertz CT molecular complexity index is 769. The van der Waals surface area contributed by atoms with Gasteiger partial charge in [0.05, 0.1) is 35.2 Å². The van der Waals surface area contributed by atoms with Crippen LogP contribution >= 0.6 is 0 Å². The molecule has 0 atom stereocenters. The van der Waals surface area contributed by atoms with E-state index in [4.69, 9.17) is 10.4 Å². The number of amides is 1. The van der Waals surface area contributed by atoms with Crippen LogP contribution in [-0.2, 0) is 0 Å². The number of nitriles is 1. The summed E-state index contributed by atoms with van der Waals surface area (Å²) < 4.78 is 14.0. The fourth-order valence-electron chi connectivity index (χ4n) is 2.05. The van der Waals surface area contributed by atoms with E-state index in [9.17, 15) is 9.18 Å². The number of nitrogens with one attached hydrogen (secondary N) is 2. The SMILES string of the molecule is Cc1ccc(Nc2cc(C#N)ccc2C(=O)NCCO)c(F)c1. The minimum Gasteiger partial charge on any atom is -0.395 e. The number of hydrogen-bond donors (Lipinski definition) is 3. The second-order valence-electron chi connectivity index (χ2n) is 4.96. The first-order valence-electron chi connectivity index (χ1n) is 7.01. The zero-order chi connectivity index (χ0) is 16.8. The summed E-state index contributed by atoms with van der Waals surface area (Å²) in [6.07, 6.45) is 0. The van der Waals surface area contributed by atoms with E-state index in [1.807, 2.05) is 6.07 Å². The fraction of sp³-hybridized carbons (Fsp3) is 0.176. The van der Waals surface area contributed by atoms with Crippen molar-refractivity contribution in [1.82, 2.24) is 5.32 Å². The Hall–Kier alpha value is -2.91. The van der Waals surface area contributed by atoms with Crippen LogP contribution in [0.15, 0.2) is 36.4 Å². The van der Waals surface area contributed by atoms with Crippen LogP contribution in [0.4, 0.5) is 15.8 Å². The van der Waals surface area contributed by atoms with E-state index in [0.29, 0.717) is 11.3 Å². The fourth-order valence-corrected chi connectivity index (χ4v) is 2.05. The third kappa shape index (κ3) is 4.05. The van der Waals surface area contributed by atoms with Crippen molar-refractivity contribution >= 4 is 17.3 Å². The second kappa shape index (κ2) is 7.38. The third-order valence-electron chi connectivity index (χ3n) is 3.18. The van der Waals surface area contributed by atoms with Gasteiger partial charge in [0.2, 0.25) is 0 Å². The molecule has 0 aromatic heterocycles. The van der Waals surface area contributed by atoms with Crippen molar-refractivity contribution < 1.29 is 14.3 Å². The molecule has 3 N–H and O–H groups in total. The number of nitrogens with zero attached hydrogens (tertiary/aromatic N) is 1. The maximum Gasteiger partial charge on any atom is 0.253 e. The largest absolute Gasteiger partial charge is 0.395 e. The molecule has 0 spiro atoms. The molecule has 2 aromatic carbocycles. The lowest BCUT2D eigenvalue weighted by atomic mass is 10.1. The van der Waals surface area contributed by atoms with Crippen LogP contribution in [0.3, 0.4) is 0 Å². The molecule has 0 radical (unpaired) electrons. The maximum atomic E-state index is 14.0. The summed E-state index contributed by atoms with van der Waals surface area (Å²) >= 11 is 0. The van der Waals surface area contributed by atoms with Crippen LogP contribution < -0.4 is 10.6 Å². The van der Waals surface area contributed by atoms with Gasteiger partial charge < -0.3 is 15.7 Å². The van der Waals surface area contributed by atoms with Crippen molar-refractivity contribution in [3.05, 3.63) is 58.9 Å². The number of anilines is 2. The lowest BCUT2D eigenvalue weighted by molar-refractivity contribution is 0.0945. The summed E-state index contributed by atoms with van der Waals surface area (Å²) in [5.41, 5.74) is 1.92. The molecule has 0 saturated heterocycles. The van der Waals surface area contributed by atoms with Crippen molar-refractivity contribution in [2.45, 2.75) is 6.92 Å². The number of hydrogen-bond acceptors (Lipinski definition) is 4. The molecule has 0 aliphatic rings. The number of aliphatic hydroxyl groups is 1. The van der Waals surface area contributed by atoms with Gasteiger partial charge in [-0.1, -0.05) is 6.07 Å². The van der Waals surface area contributed by atoms with Gasteiger partial charge in [-0.15, -0.1) is 0 Å². The van der Waals surface area contributed by atoms with E-state index in [1.54, 1.807) is 19.1 Å². The molecular formula is C17H16FN3O2. The molecule has 0 fully saturated rings. The van der Waals surface area contributed by atoms with Gasteiger partial charge in [-0.3, -0.25) is 4.79 Å². The summed E-state index contributed by atoms with van der Waals surface area (Å²) in [6, 6.07) is 11.1. The summed E-state index contributed by atoms with van der Waals surface area (Å²) in [5, 5.41) is 23.2. The van der Waals surface area contributed by atoms with Crippen LogP contribution in [0.2, 0.25) is 0 Å². The zero-order valence-electron chi connectivity index (χ0n) is 12.6. The Morgan fingerprint density at radius 2 is 2.04 bits per heavy atom. The van der Waals surface area contributed by atoms with Crippen molar-refractivity contribution in [2.75, 3.05) is 18.5 Å². The summed E-state index contributed by atoms with van der Waals surface area (Å²) in [4.78, 5) is 12.1. The number of rotatable bonds is 5. The van der Waals surface area contributed by atoms with Gasteiger partial charge in [0, 0.05) is 6.54 Å². The minimum atomic E-state index is -0.450. The highest BCUT2D eigenvalue weighted by Gasteiger charge is 2.13. The van der Waals surface area contributed by atoms with E-state index in [-0.39, 0.29) is 24.4 Å². The minimum absolute atomic E-state index is 0.108. The third-order valence-corrected chi connectivity index (χ3v) is 3.18. The maximum absolute atomic E-state index is 14.0. The molecule has 0 aliphatic heterocycles. The van der Waals surface area contributed by atoms with Crippen molar-refractivity contribution in [1.29, 1.82) is 5.26 Å². The normalized spacial score (nSPS) is 10.0. The second-order valence-corrected chi connectivity index (χ2v) is 4.96. The van der Waals surface area contributed by atoms with Crippen molar-refractivity contribution in [3.63, 3.8) is 0 Å². The van der Waals surface area contributed by atoms with Gasteiger partial charge in [0.1, 0.15) is 5.82 Å². The first-order valence-corrected chi connectivity index (χ1v) is 7.01. The molecule has 6 heteroatoms. The molecule has 2 aromatic rings. The van der Waals surface area contributed by atoms with Gasteiger partial charge in [-0.2, -0.15) is 5.26 Å². The standard InChI is InChI=1S/C17H16FN3O2/c1-11-2-5-15(14(18)8-11)21-16-9-12(10-19)3-4-13(16)17(23)20-6-7-22/h2-5,8-9,21-22H,6-7H2,1H3,(H,20,23). The summed E-state index contributed by atoms with van der Waals surface area (Å²) in [5.74, 6) is -0.868. The molecule has 23 heavy (non-hydrogen) atoms. The Labute approximate surface area is 133 Å². The average Bonchev–Trinajstić information content (AvgIpc) is 2.55. The Morgan fingerprint density at radius 3 is 2.70 bits per heavy atom. The van der Waals surface area contributed by atoms with E-state index in [0.717, 1.165) is 5.56 Å². The molecule has 5 nitrogen and oxygen atoms in total. The predicted molar refractivity (Wildman–Crippen MR) is 85.0 cm³/mol. The number of carbonyl (C=O) groups excluding carboxylic acids is 1. The quantitative estimate of drug-likeness (QED) is 0.791. The van der Waals surface area contributed by atoms with Crippen LogP contribution in [0.5, 0.6) is 0 Å². The monoisotopic (exact) mass is 313 g/mol. The number of carbonyl (C=O) groups is 1. The molecule has 2 rings (SSSR count). The first kappa shape index (κ1) is 16.5. The van der Waals surface area contributed by atoms with Gasteiger partial charge in [-0.05, 0) is 42.8 Å². The number of halogens is 1. The highest BCUT2D eigenvalue weighted by Crippen LogP contribution is 2.25. The lowest BCUT2D eigenvalue weighted by Crippen LogP contribution is -2.27. The summed E-state index contributed by atoms with van der Waals surface area (Å²) in [7, 11) is 0. The smallest absolute Gasteiger partial charge is 0.253 e. The van der Waals surface area contributed by atoms with E-state index >= 15 is 0 Å². The topological polar surface area (TPSA) is 85.2 Å². The molecule has 118 valence electrons. The molecule has 0 bridgehead atoms. The Morgan fingerprint density at radius 1 is 1.26 bits per heavy atom. The number of aliphatic hydroxyl groups excluding tert-OH is 1. The van der Waals surface area contributed by atoms with E-state index in [2.05, 4.69) is 10.6 Å². The molecule has 0 unspecified atom stereocenters. The highest BCUT2D eigenvalue weighted by atomic mass is 19.1. The molecular weight excluding hydrogens is 297 g/mol. The Balaban J connectivity index is 2.38.